The van der Waals surface area contributed by atoms with E-state index in [9.17, 15) is 0 Å². The van der Waals surface area contributed by atoms with Gasteiger partial charge in [0.25, 0.3) is 0 Å². The van der Waals surface area contributed by atoms with Crippen LogP contribution in [0.1, 0.15) is 0 Å². The Morgan fingerprint density at radius 3 is 0.457 bits per heavy atom. The zero-order chi connectivity index (χ0) is 92.5. The second kappa shape index (κ2) is 34.9. The molecule has 26 aromatic rings. The highest BCUT2D eigenvalue weighted by Crippen LogP contribution is 2.47. The molecule has 0 bridgehead atoms. The summed E-state index contributed by atoms with van der Waals surface area (Å²) in [6.07, 6.45) is 0. The molecule has 8 nitrogen and oxygen atoms in total. The molecule has 0 aliphatic rings. The Bertz CT molecular complexity index is 8430. The second-order valence-electron chi connectivity index (χ2n) is 36.0. The molecule has 0 fully saturated rings. The molecule has 0 amide bonds. The van der Waals surface area contributed by atoms with Gasteiger partial charge in [0.15, 0.2) is 0 Å². The molecule has 0 saturated carbocycles. The van der Waals surface area contributed by atoms with E-state index in [4.69, 9.17) is 0 Å². The summed E-state index contributed by atoms with van der Waals surface area (Å²) in [6, 6.07) is 199. The summed E-state index contributed by atoms with van der Waals surface area (Å²) in [7, 11) is 0. The van der Waals surface area contributed by atoms with Crippen LogP contribution in [0.2, 0.25) is 0 Å². The highest BCUT2D eigenvalue weighted by molar-refractivity contribution is 6.14. The van der Waals surface area contributed by atoms with Gasteiger partial charge >= 0.3 is 0 Å². The maximum Gasteiger partial charge on any atom is 0.0541 e. The van der Waals surface area contributed by atoms with Crippen molar-refractivity contribution in [2.75, 3.05) is 19.6 Å². The van der Waals surface area contributed by atoms with Crippen molar-refractivity contribution < 1.29 is 0 Å². The van der Waals surface area contributed by atoms with Crippen LogP contribution in [0.25, 0.3) is 166 Å². The Balaban J connectivity index is 0.521. The van der Waals surface area contributed by atoms with Gasteiger partial charge in [-0.3, -0.25) is 0 Å². The van der Waals surface area contributed by atoms with Crippen LogP contribution in [0.15, 0.2) is 546 Å². The van der Waals surface area contributed by atoms with Crippen LogP contribution < -0.4 is 19.6 Å². The number of aromatic nitrogens is 4. The molecule has 658 valence electrons. The van der Waals surface area contributed by atoms with Gasteiger partial charge in [-0.05, 0) is 310 Å². The lowest BCUT2D eigenvalue weighted by Gasteiger charge is -2.27. The molecule has 0 atom stereocenters. The van der Waals surface area contributed by atoms with Gasteiger partial charge in [-0.1, -0.05) is 291 Å². The maximum absolute atomic E-state index is 2.38. The quantitative estimate of drug-likeness (QED) is 0.0718. The molecule has 4 aromatic heterocycles. The van der Waals surface area contributed by atoms with E-state index in [0.29, 0.717) is 0 Å². The average Bonchev–Trinajstić information content (AvgIpc) is 1.68. The van der Waals surface area contributed by atoms with Crippen molar-refractivity contribution >= 4 is 155 Å². The molecule has 140 heavy (non-hydrogen) atoms. The smallest absolute Gasteiger partial charge is 0.0541 e. The summed E-state index contributed by atoms with van der Waals surface area (Å²) in [5.41, 5.74) is 38.0. The Kier molecular flexibility index (Phi) is 20.4. The number of nitrogens with zero attached hydrogens (tertiary/aromatic N) is 8. The van der Waals surface area contributed by atoms with E-state index in [-0.39, 0.29) is 0 Å². The predicted octanol–water partition coefficient (Wildman–Crippen LogP) is 36.3. The molecule has 0 unspecified atom stereocenters. The zero-order valence-electron chi connectivity index (χ0n) is 76.5. The normalized spacial score (nSPS) is 11.6. The van der Waals surface area contributed by atoms with E-state index in [1.807, 2.05) is 0 Å². The van der Waals surface area contributed by atoms with Gasteiger partial charge < -0.3 is 37.9 Å². The highest BCUT2D eigenvalue weighted by Gasteiger charge is 2.24. The van der Waals surface area contributed by atoms with E-state index in [1.54, 1.807) is 0 Å². The zero-order valence-corrected chi connectivity index (χ0v) is 76.5. The number of benzene rings is 22. The van der Waals surface area contributed by atoms with Crippen LogP contribution in [0.4, 0.5) is 68.2 Å². The molecule has 4 heterocycles. The molecular formula is C132H90N8. The van der Waals surface area contributed by atoms with Gasteiger partial charge in [-0.2, -0.15) is 0 Å². The lowest BCUT2D eigenvalue weighted by Crippen LogP contribution is -2.10. The van der Waals surface area contributed by atoms with Crippen LogP contribution >= 0.6 is 0 Å². The summed E-state index contributed by atoms with van der Waals surface area (Å²) >= 11 is 0. The summed E-state index contributed by atoms with van der Waals surface area (Å²) < 4.78 is 9.51. The molecule has 26 rings (SSSR count). The third kappa shape index (κ3) is 14.7. The van der Waals surface area contributed by atoms with Crippen LogP contribution in [0.5, 0.6) is 0 Å². The number of hydrogen-bond donors (Lipinski definition) is 0. The van der Waals surface area contributed by atoms with Crippen LogP contribution in [0.3, 0.4) is 0 Å². The van der Waals surface area contributed by atoms with E-state index in [2.05, 4.69) is 584 Å². The Hall–Kier alpha value is -18.8. The van der Waals surface area contributed by atoms with Crippen molar-refractivity contribution in [2.24, 2.45) is 0 Å². The molecule has 0 saturated heterocycles. The molecule has 0 aliphatic heterocycles. The topological polar surface area (TPSA) is 32.7 Å². The van der Waals surface area contributed by atoms with Gasteiger partial charge in [-0.25, -0.2) is 0 Å². The molecule has 0 aliphatic carbocycles. The Morgan fingerprint density at radius 2 is 0.243 bits per heavy atom. The fourth-order valence-electron chi connectivity index (χ4n) is 21.3. The number of anilines is 12. The summed E-state index contributed by atoms with van der Waals surface area (Å²) in [4.78, 5) is 9.44. The number of para-hydroxylation sites is 10. The summed E-state index contributed by atoms with van der Waals surface area (Å²) in [5.74, 6) is 0. The molecule has 0 radical (unpaired) electrons. The van der Waals surface area contributed by atoms with Gasteiger partial charge in [0.1, 0.15) is 0 Å². The molecule has 0 N–H and O–H groups in total. The predicted molar refractivity (Wildman–Crippen MR) is 590 cm³/mol. The number of hydrogen-bond acceptors (Lipinski definition) is 4. The van der Waals surface area contributed by atoms with Gasteiger partial charge in [0.05, 0.1) is 44.1 Å². The summed E-state index contributed by atoms with van der Waals surface area (Å²) in [5, 5.41) is 9.88. The van der Waals surface area contributed by atoms with Crippen LogP contribution in [-0.4, -0.2) is 18.3 Å². The molecule has 8 heteroatoms. The lowest BCUT2D eigenvalue weighted by molar-refractivity contribution is 1.17. The van der Waals surface area contributed by atoms with E-state index >= 15 is 0 Å². The fourth-order valence-corrected chi connectivity index (χ4v) is 21.3. The molecule has 0 spiro atoms. The first-order chi connectivity index (χ1) is 69.4. The van der Waals surface area contributed by atoms with Gasteiger partial charge in [0.2, 0.25) is 0 Å². The van der Waals surface area contributed by atoms with Crippen molar-refractivity contribution in [3.8, 4) is 78.4 Å². The molecule has 22 aromatic carbocycles. The minimum atomic E-state index is 1.04. The highest BCUT2D eigenvalue weighted by atomic mass is 15.2. The largest absolute Gasteiger partial charge is 0.311 e. The maximum atomic E-state index is 2.38. The van der Waals surface area contributed by atoms with E-state index in [0.717, 1.165) is 147 Å². The van der Waals surface area contributed by atoms with Crippen LogP contribution in [0, 0.1) is 0 Å². The van der Waals surface area contributed by atoms with Crippen molar-refractivity contribution in [3.05, 3.63) is 546 Å². The fraction of sp³-hybridized carbons (Fsp3) is 0. The average molecular weight is 1790 g/mol. The van der Waals surface area contributed by atoms with E-state index < -0.39 is 0 Å². The summed E-state index contributed by atoms with van der Waals surface area (Å²) in [6.45, 7) is 0. The van der Waals surface area contributed by atoms with E-state index in [1.165, 1.54) is 87.2 Å². The minimum Gasteiger partial charge on any atom is -0.311 e. The standard InChI is InChI=1S/C132H90N8/c1-5-25-101(26-6-1)133(113-79-83-115(84-80-113)139-125-39-19-13-33-117(125)118-34-14-20-40-126(118)139)105-63-45-91(46-64-105)93-49-67-107(68-50-93)135(111-75-57-97(58-76-111)99-61-87-131-123(89-99)121-37-17-23-43-129(121)137(131)103-29-9-3-10-30-103)109-71-53-95(54-72-109)96-55-73-110(74-56-96)136(112-77-59-98(60-78-112)100-62-88-132-124(90-100)122-38-18-24-44-130(122)138(132)104-31-11-4-12-32-104)108-69-51-94(52-70-108)92-47-65-106(66-48-92)134(102-27-7-2-8-28-102)114-81-85-116(86-82-114)140-127-41-21-15-35-119(127)120-36-16-22-42-128(120)140/h1-90H. The van der Waals surface area contributed by atoms with Crippen molar-refractivity contribution in [3.63, 3.8) is 0 Å². The van der Waals surface area contributed by atoms with Gasteiger partial charge in [0, 0.05) is 134 Å². The Morgan fingerprint density at radius 1 is 0.100 bits per heavy atom. The third-order valence-corrected chi connectivity index (χ3v) is 28.0. The third-order valence-electron chi connectivity index (χ3n) is 28.0. The van der Waals surface area contributed by atoms with Gasteiger partial charge in [-0.15, -0.1) is 0 Å². The second-order valence-corrected chi connectivity index (χ2v) is 36.0. The first-order valence-electron chi connectivity index (χ1n) is 47.9. The number of rotatable bonds is 21. The minimum absolute atomic E-state index is 1.04. The Labute approximate surface area is 812 Å². The van der Waals surface area contributed by atoms with Crippen molar-refractivity contribution in [1.29, 1.82) is 0 Å². The first-order valence-corrected chi connectivity index (χ1v) is 47.9. The number of fused-ring (bicyclic) bond motifs is 12. The van der Waals surface area contributed by atoms with Crippen LogP contribution in [-0.2, 0) is 0 Å². The lowest BCUT2D eigenvalue weighted by atomic mass is 10.0. The monoisotopic (exact) mass is 1790 g/mol. The SMILES string of the molecule is c1ccc(N(c2ccc(-c3ccc(N(c4ccc(-c5ccc(N(c6ccc(-c7ccc(N(c8ccccc8)c8ccc(-n9c%10ccccc%10c%10ccccc%109)cc8)cc7)cc6)c6ccc(-c7ccc8c(c7)c7ccccc7n8-c7ccccc7)cc6)cc5)cc4)c4ccc(-c5ccc6c(c5)c5ccccc5n6-c5ccccc5)cc4)cc3)cc2)c2ccc(-n3c4ccccc4c4ccccc43)cc2)cc1. The first kappa shape index (κ1) is 82.0. The van der Waals surface area contributed by atoms with Crippen molar-refractivity contribution in [2.45, 2.75) is 0 Å². The molecular weight excluding hydrogens is 1700 g/mol. The van der Waals surface area contributed by atoms with Crippen molar-refractivity contribution in [1.82, 2.24) is 18.3 Å².